The number of alkyl halides is 3. The summed E-state index contributed by atoms with van der Waals surface area (Å²) in [5.41, 5.74) is 0.695. The van der Waals surface area contributed by atoms with E-state index in [9.17, 15) is 21.6 Å². The van der Waals surface area contributed by atoms with Gasteiger partial charge in [0.05, 0.1) is 10.6 Å². The van der Waals surface area contributed by atoms with Gasteiger partial charge in [-0.1, -0.05) is 18.2 Å². The normalized spacial score (nSPS) is 14.6. The highest BCUT2D eigenvalue weighted by atomic mass is 32.2. The van der Waals surface area contributed by atoms with Crippen LogP contribution in [0.25, 0.3) is 10.6 Å². The topological polar surface area (TPSA) is 66.1 Å². The van der Waals surface area contributed by atoms with Crippen molar-refractivity contribution in [1.29, 1.82) is 0 Å². The summed E-state index contributed by atoms with van der Waals surface area (Å²) in [6, 6.07) is 9.56. The average molecular weight is 413 g/mol. The third-order valence-electron chi connectivity index (χ3n) is 4.42. The van der Waals surface area contributed by atoms with Crippen molar-refractivity contribution < 1.29 is 21.6 Å². The quantitative estimate of drug-likeness (QED) is 0.699. The number of aryl methyl sites for hydroxylation is 1. The van der Waals surface area contributed by atoms with Crippen LogP contribution in [-0.2, 0) is 22.6 Å². The van der Waals surface area contributed by atoms with E-state index in [0.29, 0.717) is 28.4 Å². The molecule has 10 heteroatoms. The molecule has 142 valence electrons. The fourth-order valence-corrected chi connectivity index (χ4v) is 6.14. The van der Waals surface area contributed by atoms with Gasteiger partial charge in [-0.15, -0.1) is 11.3 Å². The fraction of sp³-hybridized carbons (Fsp3) is 0.235. The minimum atomic E-state index is -4.54. The zero-order chi connectivity index (χ0) is 19.4. The lowest BCUT2D eigenvalue weighted by Crippen LogP contribution is -2.29. The molecule has 0 saturated carbocycles. The Labute approximate surface area is 157 Å². The number of thiophene rings is 1. The molecule has 1 aliphatic rings. The number of hydrogen-bond acceptors (Lipinski definition) is 4. The Morgan fingerprint density at radius 1 is 1.22 bits per heavy atom. The summed E-state index contributed by atoms with van der Waals surface area (Å²) >= 11 is 1.10. The Balaban J connectivity index is 1.73. The molecule has 0 atom stereocenters. The van der Waals surface area contributed by atoms with Gasteiger partial charge in [-0.3, -0.25) is 9.40 Å². The van der Waals surface area contributed by atoms with Crippen LogP contribution >= 0.6 is 11.3 Å². The highest BCUT2D eigenvalue weighted by molar-refractivity contribution is 7.93. The molecule has 3 heterocycles. The second-order valence-electron chi connectivity index (χ2n) is 6.15. The number of nitrogens with one attached hydrogen (secondary N) is 1. The molecule has 27 heavy (non-hydrogen) atoms. The third kappa shape index (κ3) is 3.02. The predicted octanol–water partition coefficient (Wildman–Crippen LogP) is 4.22. The number of sulfonamides is 1. The monoisotopic (exact) mass is 413 g/mol. The number of anilines is 1. The summed E-state index contributed by atoms with van der Waals surface area (Å²) in [5, 5.41) is 5.63. The van der Waals surface area contributed by atoms with Crippen molar-refractivity contribution in [2.45, 2.75) is 24.4 Å². The van der Waals surface area contributed by atoms with E-state index in [1.165, 1.54) is 10.4 Å². The van der Waals surface area contributed by atoms with Crippen LogP contribution in [0.5, 0.6) is 0 Å². The van der Waals surface area contributed by atoms with Gasteiger partial charge in [-0.25, -0.2) is 8.42 Å². The molecule has 0 unspecified atom stereocenters. The second-order valence-corrected chi connectivity index (χ2v) is 9.24. The average Bonchev–Trinajstić information content (AvgIpc) is 3.31. The van der Waals surface area contributed by atoms with Gasteiger partial charge in [0.15, 0.2) is 0 Å². The number of rotatable bonds is 3. The van der Waals surface area contributed by atoms with E-state index in [2.05, 4.69) is 5.10 Å². The lowest BCUT2D eigenvalue weighted by Gasteiger charge is -2.19. The maximum absolute atomic E-state index is 13.2. The van der Waals surface area contributed by atoms with E-state index >= 15 is 0 Å². The summed E-state index contributed by atoms with van der Waals surface area (Å²) in [6.07, 6.45) is -3.91. The zero-order valence-corrected chi connectivity index (χ0v) is 15.7. The fourth-order valence-electron chi connectivity index (χ4n) is 3.12. The van der Waals surface area contributed by atoms with Gasteiger partial charge in [-0.05, 0) is 37.1 Å². The molecule has 2 aromatic heterocycles. The summed E-state index contributed by atoms with van der Waals surface area (Å²) in [5.74, 6) is 0. The largest absolute Gasteiger partial charge is 0.432 e. The Morgan fingerprint density at radius 2 is 1.96 bits per heavy atom. The van der Waals surface area contributed by atoms with Gasteiger partial charge in [0.25, 0.3) is 10.0 Å². The number of aromatic nitrogens is 2. The Hall–Kier alpha value is -2.33. The molecule has 0 fully saturated rings. The van der Waals surface area contributed by atoms with Crippen molar-refractivity contribution >= 4 is 27.0 Å². The van der Waals surface area contributed by atoms with E-state index in [-0.39, 0.29) is 10.6 Å². The van der Waals surface area contributed by atoms with E-state index in [1.54, 1.807) is 19.1 Å². The van der Waals surface area contributed by atoms with Crippen LogP contribution in [0.3, 0.4) is 0 Å². The molecule has 1 aliphatic heterocycles. The van der Waals surface area contributed by atoms with Gasteiger partial charge in [0.2, 0.25) is 0 Å². The summed E-state index contributed by atoms with van der Waals surface area (Å²) in [7, 11) is -3.81. The predicted molar refractivity (Wildman–Crippen MR) is 96.3 cm³/mol. The number of nitrogens with zero attached hydrogens (tertiary/aromatic N) is 2. The number of fused-ring (bicyclic) bond motifs is 1. The lowest BCUT2D eigenvalue weighted by molar-refractivity contribution is -0.141. The maximum atomic E-state index is 13.2. The molecule has 0 aliphatic carbocycles. The molecule has 0 spiro atoms. The SMILES string of the molecule is Cc1sc(-c2cc(C(F)(F)F)[nH]n2)cc1S(=O)(=O)N1CCc2ccccc21. The molecule has 1 aromatic carbocycles. The van der Waals surface area contributed by atoms with Crippen molar-refractivity contribution in [3.05, 3.63) is 52.5 Å². The van der Waals surface area contributed by atoms with Crippen molar-refractivity contribution in [2.75, 3.05) is 10.8 Å². The number of hydrogen-bond donors (Lipinski definition) is 1. The summed E-state index contributed by atoms with van der Waals surface area (Å²) in [4.78, 5) is 0.965. The molecule has 3 aromatic rings. The molecule has 0 saturated heterocycles. The van der Waals surface area contributed by atoms with Crippen LogP contribution in [0.15, 0.2) is 41.3 Å². The van der Waals surface area contributed by atoms with Crippen molar-refractivity contribution in [3.8, 4) is 10.6 Å². The number of halogens is 3. The minimum Gasteiger partial charge on any atom is -0.273 e. The molecule has 0 amide bonds. The van der Waals surface area contributed by atoms with Gasteiger partial charge < -0.3 is 0 Å². The molecule has 0 bridgehead atoms. The van der Waals surface area contributed by atoms with Crippen LogP contribution in [0.1, 0.15) is 16.1 Å². The van der Waals surface area contributed by atoms with E-state index in [4.69, 9.17) is 0 Å². The molecule has 1 N–H and O–H groups in total. The molecule has 0 radical (unpaired) electrons. The van der Waals surface area contributed by atoms with Crippen molar-refractivity contribution in [2.24, 2.45) is 0 Å². The molecule has 5 nitrogen and oxygen atoms in total. The van der Waals surface area contributed by atoms with Crippen molar-refractivity contribution in [1.82, 2.24) is 10.2 Å². The van der Waals surface area contributed by atoms with Gasteiger partial charge in [-0.2, -0.15) is 18.3 Å². The Bertz CT molecular complexity index is 1120. The first-order chi connectivity index (χ1) is 12.7. The van der Waals surface area contributed by atoms with Crippen LogP contribution in [0.4, 0.5) is 18.9 Å². The molecular formula is C17H14F3N3O2S2. The lowest BCUT2D eigenvalue weighted by atomic mass is 10.2. The van der Waals surface area contributed by atoms with E-state index < -0.39 is 21.9 Å². The first-order valence-electron chi connectivity index (χ1n) is 8.02. The standard InChI is InChI=1S/C17H14F3N3O2S2/c1-10-15(9-14(26-10)12-8-16(22-21-12)17(18,19)20)27(24,25)23-7-6-11-4-2-3-5-13(11)23/h2-5,8-9H,6-7H2,1H3,(H,21,22). The Morgan fingerprint density at radius 3 is 2.67 bits per heavy atom. The van der Waals surface area contributed by atoms with E-state index in [1.807, 2.05) is 17.2 Å². The highest BCUT2D eigenvalue weighted by Gasteiger charge is 2.35. The third-order valence-corrected chi connectivity index (χ3v) is 7.56. The first kappa shape index (κ1) is 18.1. The van der Waals surface area contributed by atoms with E-state index in [0.717, 1.165) is 23.0 Å². The number of aromatic amines is 1. The van der Waals surface area contributed by atoms with Crippen LogP contribution in [0, 0.1) is 6.92 Å². The maximum Gasteiger partial charge on any atom is 0.432 e. The number of H-pyrrole nitrogens is 1. The summed E-state index contributed by atoms with van der Waals surface area (Å²) < 4.78 is 66.0. The second kappa shape index (κ2) is 6.10. The van der Waals surface area contributed by atoms with Crippen molar-refractivity contribution in [3.63, 3.8) is 0 Å². The molecule has 4 rings (SSSR count). The summed E-state index contributed by atoms with van der Waals surface area (Å²) in [6.45, 7) is 1.98. The smallest absolute Gasteiger partial charge is 0.273 e. The van der Waals surface area contributed by atoms with Crippen LogP contribution in [-0.4, -0.2) is 25.2 Å². The minimum absolute atomic E-state index is 0.0682. The Kier molecular flexibility index (Phi) is 4.08. The van der Waals surface area contributed by atoms with Crippen LogP contribution < -0.4 is 4.31 Å². The van der Waals surface area contributed by atoms with Crippen LogP contribution in [0.2, 0.25) is 0 Å². The highest BCUT2D eigenvalue weighted by Crippen LogP contribution is 2.39. The zero-order valence-electron chi connectivity index (χ0n) is 14.0. The number of benzene rings is 1. The van der Waals surface area contributed by atoms with Gasteiger partial charge >= 0.3 is 6.18 Å². The van der Waals surface area contributed by atoms with Gasteiger partial charge in [0, 0.05) is 11.4 Å². The van der Waals surface area contributed by atoms with Gasteiger partial charge in [0.1, 0.15) is 16.3 Å². The molecular weight excluding hydrogens is 399 g/mol. The number of para-hydroxylation sites is 1. The first-order valence-corrected chi connectivity index (χ1v) is 10.3.